The van der Waals surface area contributed by atoms with E-state index in [2.05, 4.69) is 9.97 Å². The minimum absolute atomic E-state index is 0.234. The molecule has 1 heterocycles. The number of aromatic hydroxyl groups is 1. The fourth-order valence-corrected chi connectivity index (χ4v) is 1.77. The third-order valence-electron chi connectivity index (χ3n) is 2.75. The summed E-state index contributed by atoms with van der Waals surface area (Å²) in [7, 11) is 0. The number of imidazole rings is 1. The zero-order chi connectivity index (χ0) is 14.9. The van der Waals surface area contributed by atoms with Crippen LogP contribution in [0.2, 0.25) is 0 Å². The highest BCUT2D eigenvalue weighted by Crippen LogP contribution is 2.30. The summed E-state index contributed by atoms with van der Waals surface area (Å²) in [4.78, 5) is 27.7. The number of nitrogens with one attached hydrogen (secondary N) is 1. The Labute approximate surface area is 112 Å². The van der Waals surface area contributed by atoms with E-state index in [-0.39, 0.29) is 6.42 Å². The van der Waals surface area contributed by atoms with Crippen molar-refractivity contribution in [1.82, 2.24) is 9.97 Å². The maximum atomic E-state index is 10.8. The Hall–Kier alpha value is -2.90. The van der Waals surface area contributed by atoms with E-state index in [1.165, 1.54) is 18.2 Å². The largest absolute Gasteiger partial charge is 0.502 e. The van der Waals surface area contributed by atoms with E-state index < -0.39 is 22.3 Å². The van der Waals surface area contributed by atoms with Gasteiger partial charge in [-0.05, 0) is 19.1 Å². The van der Waals surface area contributed by atoms with E-state index in [9.17, 15) is 20.0 Å². The first-order chi connectivity index (χ1) is 9.38. The molecule has 0 unspecified atom stereocenters. The van der Waals surface area contributed by atoms with Crippen molar-refractivity contribution in [2.75, 3.05) is 0 Å². The number of carboxylic acids is 1. The monoisotopic (exact) mass is 277 g/mol. The van der Waals surface area contributed by atoms with Gasteiger partial charge in [0.05, 0.1) is 17.0 Å². The fraction of sp³-hybridized carbons (Fsp3) is 0.167. The lowest BCUT2D eigenvalue weighted by Crippen LogP contribution is -2.01. The highest BCUT2D eigenvalue weighted by atomic mass is 16.6. The van der Waals surface area contributed by atoms with Gasteiger partial charge in [-0.3, -0.25) is 14.9 Å². The molecule has 0 radical (unpaired) electrons. The van der Waals surface area contributed by atoms with Gasteiger partial charge >= 0.3 is 11.7 Å². The van der Waals surface area contributed by atoms with Crippen LogP contribution in [0.1, 0.15) is 11.4 Å². The second kappa shape index (κ2) is 5.00. The minimum Gasteiger partial charge on any atom is -0.502 e. The third kappa shape index (κ3) is 2.58. The number of nitro groups is 1. The lowest BCUT2D eigenvalue weighted by Gasteiger charge is -1.99. The molecule has 0 bridgehead atoms. The second-order valence-electron chi connectivity index (χ2n) is 4.19. The van der Waals surface area contributed by atoms with Crippen molar-refractivity contribution in [1.29, 1.82) is 0 Å². The summed E-state index contributed by atoms with van der Waals surface area (Å²) in [5.41, 5.74) is 0.909. The first kappa shape index (κ1) is 13.5. The highest BCUT2D eigenvalue weighted by molar-refractivity contribution is 5.71. The number of carbonyl (C=O) groups is 1. The Morgan fingerprint density at radius 1 is 1.50 bits per heavy atom. The number of aryl methyl sites for hydroxylation is 1. The van der Waals surface area contributed by atoms with Gasteiger partial charge in [-0.15, -0.1) is 0 Å². The van der Waals surface area contributed by atoms with Crippen LogP contribution in [-0.4, -0.2) is 31.1 Å². The van der Waals surface area contributed by atoms with Crippen LogP contribution >= 0.6 is 0 Å². The summed E-state index contributed by atoms with van der Waals surface area (Å²) < 4.78 is 0. The average molecular weight is 277 g/mol. The van der Waals surface area contributed by atoms with Gasteiger partial charge in [-0.25, -0.2) is 4.98 Å². The Balaban J connectivity index is 2.44. The lowest BCUT2D eigenvalue weighted by atomic mass is 10.2. The average Bonchev–Trinajstić information content (AvgIpc) is 2.70. The number of benzene rings is 1. The molecule has 3 N–H and O–H groups in total. The molecule has 8 nitrogen and oxygen atoms in total. The summed E-state index contributed by atoms with van der Waals surface area (Å²) in [6.07, 6.45) is -0.234. The Kier molecular flexibility index (Phi) is 3.38. The maximum absolute atomic E-state index is 10.8. The van der Waals surface area contributed by atoms with E-state index in [0.29, 0.717) is 22.8 Å². The number of aromatic nitrogens is 2. The van der Waals surface area contributed by atoms with Gasteiger partial charge in [0.15, 0.2) is 5.75 Å². The number of aliphatic carboxylic acids is 1. The van der Waals surface area contributed by atoms with E-state index in [1.54, 1.807) is 6.92 Å². The summed E-state index contributed by atoms with van der Waals surface area (Å²) in [6.45, 7) is 1.67. The molecule has 8 heteroatoms. The number of aromatic amines is 1. The molecular weight excluding hydrogens is 266 g/mol. The Morgan fingerprint density at radius 3 is 2.80 bits per heavy atom. The normalized spacial score (nSPS) is 10.4. The highest BCUT2D eigenvalue weighted by Gasteiger charge is 2.17. The molecule has 0 saturated carbocycles. The number of phenolic OH excluding ortho intramolecular Hbond substituents is 1. The summed E-state index contributed by atoms with van der Waals surface area (Å²) in [5, 5.41) is 28.9. The van der Waals surface area contributed by atoms with E-state index in [1.807, 2.05) is 0 Å². The molecule has 1 aromatic heterocycles. The quantitative estimate of drug-likeness (QED) is 0.575. The molecule has 0 spiro atoms. The van der Waals surface area contributed by atoms with Crippen molar-refractivity contribution in [3.63, 3.8) is 0 Å². The van der Waals surface area contributed by atoms with Gasteiger partial charge in [-0.1, -0.05) is 0 Å². The van der Waals surface area contributed by atoms with Gasteiger partial charge in [0.2, 0.25) is 0 Å². The van der Waals surface area contributed by atoms with Crippen molar-refractivity contribution < 1.29 is 19.9 Å². The van der Waals surface area contributed by atoms with Crippen molar-refractivity contribution in [3.8, 4) is 17.1 Å². The predicted molar refractivity (Wildman–Crippen MR) is 68.4 cm³/mol. The van der Waals surface area contributed by atoms with Crippen LogP contribution in [0.15, 0.2) is 18.2 Å². The van der Waals surface area contributed by atoms with E-state index >= 15 is 0 Å². The van der Waals surface area contributed by atoms with Crippen molar-refractivity contribution in [3.05, 3.63) is 39.7 Å². The zero-order valence-electron chi connectivity index (χ0n) is 10.5. The molecule has 2 aromatic rings. The van der Waals surface area contributed by atoms with Gasteiger partial charge in [0.1, 0.15) is 5.82 Å². The molecule has 20 heavy (non-hydrogen) atoms. The molecule has 0 aliphatic carbocycles. The molecular formula is C12H11N3O5. The number of hydrogen-bond acceptors (Lipinski definition) is 5. The number of nitrogens with zero attached hydrogens (tertiary/aromatic N) is 2. The molecule has 1 aromatic carbocycles. The lowest BCUT2D eigenvalue weighted by molar-refractivity contribution is -0.385. The van der Waals surface area contributed by atoms with Crippen LogP contribution in [0.25, 0.3) is 11.4 Å². The van der Waals surface area contributed by atoms with Crippen LogP contribution in [0.5, 0.6) is 5.75 Å². The second-order valence-corrected chi connectivity index (χ2v) is 4.19. The molecule has 0 atom stereocenters. The standard InChI is InChI=1S/C12H11N3O5/c1-6-8(5-11(17)18)14-12(13-6)7-2-3-10(16)9(4-7)15(19)20/h2-4,16H,5H2,1H3,(H,13,14)(H,17,18). The number of rotatable bonds is 4. The smallest absolute Gasteiger partial charge is 0.311 e. The van der Waals surface area contributed by atoms with E-state index in [4.69, 9.17) is 5.11 Å². The molecule has 0 aliphatic rings. The van der Waals surface area contributed by atoms with Crippen molar-refractivity contribution in [2.24, 2.45) is 0 Å². The predicted octanol–water partition coefficient (Wildman–Crippen LogP) is 1.63. The zero-order valence-corrected chi connectivity index (χ0v) is 10.5. The molecule has 104 valence electrons. The van der Waals surface area contributed by atoms with Crippen LogP contribution in [-0.2, 0) is 11.2 Å². The number of hydrogen-bond donors (Lipinski definition) is 3. The molecule has 0 saturated heterocycles. The Bertz CT molecular complexity index is 692. The fourth-order valence-electron chi connectivity index (χ4n) is 1.77. The van der Waals surface area contributed by atoms with Crippen molar-refractivity contribution >= 4 is 11.7 Å². The topological polar surface area (TPSA) is 129 Å². The minimum atomic E-state index is -1.01. The number of phenols is 1. The third-order valence-corrected chi connectivity index (χ3v) is 2.75. The maximum Gasteiger partial charge on any atom is 0.311 e. The van der Waals surface area contributed by atoms with Crippen LogP contribution in [0.4, 0.5) is 5.69 Å². The first-order valence-corrected chi connectivity index (χ1v) is 5.63. The summed E-state index contributed by atoms with van der Waals surface area (Å²) in [6, 6.07) is 3.84. The molecule has 0 amide bonds. The molecule has 0 fully saturated rings. The van der Waals surface area contributed by atoms with Crippen LogP contribution < -0.4 is 0 Å². The number of carboxylic acid groups (broad SMARTS) is 1. The molecule has 2 rings (SSSR count). The number of nitro benzene ring substituents is 1. The summed E-state index contributed by atoms with van der Waals surface area (Å²) in [5.74, 6) is -1.13. The van der Waals surface area contributed by atoms with Crippen LogP contribution in [0, 0.1) is 17.0 Å². The van der Waals surface area contributed by atoms with E-state index in [0.717, 1.165) is 0 Å². The van der Waals surface area contributed by atoms with Crippen molar-refractivity contribution in [2.45, 2.75) is 13.3 Å². The van der Waals surface area contributed by atoms with Gasteiger partial charge in [0, 0.05) is 17.3 Å². The number of H-pyrrole nitrogens is 1. The van der Waals surface area contributed by atoms with Gasteiger partial charge < -0.3 is 15.2 Å². The first-order valence-electron chi connectivity index (χ1n) is 5.63. The Morgan fingerprint density at radius 2 is 2.20 bits per heavy atom. The summed E-state index contributed by atoms with van der Waals surface area (Å²) >= 11 is 0. The van der Waals surface area contributed by atoms with Gasteiger partial charge in [0.25, 0.3) is 0 Å². The van der Waals surface area contributed by atoms with Gasteiger partial charge in [-0.2, -0.15) is 0 Å². The SMILES string of the molecule is Cc1[nH]c(-c2ccc(O)c([N+](=O)[O-])c2)nc1CC(=O)O. The van der Waals surface area contributed by atoms with Crippen LogP contribution in [0.3, 0.4) is 0 Å². The molecule has 0 aliphatic heterocycles.